The van der Waals surface area contributed by atoms with Gasteiger partial charge in [0.1, 0.15) is 5.69 Å². The first kappa shape index (κ1) is 14.6. The van der Waals surface area contributed by atoms with Crippen molar-refractivity contribution in [1.29, 1.82) is 0 Å². The first-order chi connectivity index (χ1) is 9.70. The predicted octanol–water partition coefficient (Wildman–Crippen LogP) is 2.14. The van der Waals surface area contributed by atoms with Gasteiger partial charge in [0.05, 0.1) is 11.6 Å². The number of rotatable bonds is 6. The first-order valence-electron chi connectivity index (χ1n) is 6.30. The maximum Gasteiger partial charge on any atom is 0.273 e. The van der Waals surface area contributed by atoms with E-state index < -0.39 is 0 Å². The molecule has 0 fully saturated rings. The lowest BCUT2D eigenvalue weighted by molar-refractivity contribution is 0.0675. The van der Waals surface area contributed by atoms with Gasteiger partial charge < -0.3 is 9.64 Å². The molecule has 0 unspecified atom stereocenters. The highest BCUT2D eigenvalue weighted by Crippen LogP contribution is 2.12. The van der Waals surface area contributed by atoms with Gasteiger partial charge in [0, 0.05) is 38.0 Å². The number of amides is 1. The Kier molecular flexibility index (Phi) is 5.20. The molecule has 0 aromatic carbocycles. The Hall–Kier alpha value is -1.79. The number of pyridine rings is 1. The molecule has 2 aromatic heterocycles. The number of hydrogen-bond donors (Lipinski definition) is 0. The molecule has 0 spiro atoms. The predicted molar refractivity (Wildman–Crippen MR) is 77.7 cm³/mol. The van der Waals surface area contributed by atoms with Gasteiger partial charge in [0.15, 0.2) is 0 Å². The van der Waals surface area contributed by atoms with Crippen LogP contribution in [0, 0.1) is 6.92 Å². The Morgan fingerprint density at radius 1 is 1.50 bits per heavy atom. The quantitative estimate of drug-likeness (QED) is 0.818. The summed E-state index contributed by atoms with van der Waals surface area (Å²) in [6.07, 6.45) is 3.48. The second-order valence-electron chi connectivity index (χ2n) is 4.33. The lowest BCUT2D eigenvalue weighted by Crippen LogP contribution is -2.33. The zero-order chi connectivity index (χ0) is 14.4. The van der Waals surface area contributed by atoms with Crippen molar-refractivity contribution in [2.24, 2.45) is 0 Å². The Morgan fingerprint density at radius 2 is 2.35 bits per heavy atom. The highest BCUT2D eigenvalue weighted by atomic mass is 32.1. The first-order valence-corrected chi connectivity index (χ1v) is 7.18. The molecular weight excluding hydrogens is 274 g/mol. The number of nitrogens with zero attached hydrogens (tertiary/aromatic N) is 3. The van der Waals surface area contributed by atoms with Crippen molar-refractivity contribution in [2.45, 2.75) is 13.5 Å². The zero-order valence-electron chi connectivity index (χ0n) is 11.6. The van der Waals surface area contributed by atoms with Crippen molar-refractivity contribution < 1.29 is 9.53 Å². The molecule has 2 heterocycles. The molecule has 0 atom stereocenters. The molecule has 0 bridgehead atoms. The fraction of sp³-hybridized carbons (Fsp3) is 0.357. The van der Waals surface area contributed by atoms with Crippen LogP contribution in [0.4, 0.5) is 0 Å². The van der Waals surface area contributed by atoms with Gasteiger partial charge in [-0.2, -0.15) is 0 Å². The molecule has 0 aliphatic rings. The summed E-state index contributed by atoms with van der Waals surface area (Å²) in [5, 5.41) is 2.68. The van der Waals surface area contributed by atoms with Crippen LogP contribution in [0.3, 0.4) is 0 Å². The maximum atomic E-state index is 12.5. The molecule has 2 rings (SSSR count). The average molecular weight is 291 g/mol. The molecule has 0 radical (unpaired) electrons. The normalized spacial score (nSPS) is 10.5. The minimum Gasteiger partial charge on any atom is -0.383 e. The van der Waals surface area contributed by atoms with Crippen LogP contribution in [-0.4, -0.2) is 41.0 Å². The molecule has 106 valence electrons. The summed E-state index contributed by atoms with van der Waals surface area (Å²) in [6.45, 7) is 3.42. The van der Waals surface area contributed by atoms with Crippen LogP contribution in [-0.2, 0) is 11.3 Å². The average Bonchev–Trinajstić information content (AvgIpc) is 2.90. The van der Waals surface area contributed by atoms with Gasteiger partial charge in [-0.15, -0.1) is 11.3 Å². The molecule has 5 nitrogen and oxygen atoms in total. The Labute approximate surface area is 122 Å². The van der Waals surface area contributed by atoms with E-state index in [0.29, 0.717) is 25.4 Å². The lowest BCUT2D eigenvalue weighted by atomic mass is 10.2. The minimum absolute atomic E-state index is 0.0738. The maximum absolute atomic E-state index is 12.5. The van der Waals surface area contributed by atoms with E-state index in [2.05, 4.69) is 9.97 Å². The number of hydrogen-bond acceptors (Lipinski definition) is 5. The number of ether oxygens (including phenoxy) is 1. The van der Waals surface area contributed by atoms with Crippen LogP contribution in [0.2, 0.25) is 0 Å². The molecule has 6 heteroatoms. The van der Waals surface area contributed by atoms with E-state index in [-0.39, 0.29) is 5.91 Å². The number of carbonyl (C=O) groups excluding carboxylic acids is 1. The largest absolute Gasteiger partial charge is 0.383 e. The van der Waals surface area contributed by atoms with Crippen molar-refractivity contribution in [3.05, 3.63) is 46.2 Å². The van der Waals surface area contributed by atoms with Crippen molar-refractivity contribution in [3.63, 3.8) is 0 Å². The third-order valence-electron chi connectivity index (χ3n) is 2.79. The number of aryl methyl sites for hydroxylation is 1. The Morgan fingerprint density at radius 3 is 2.95 bits per heavy atom. The standard InChI is InChI=1S/C14H17N3O2S/c1-11-16-13(10-20-11)14(18)17(6-7-19-2)9-12-4-3-5-15-8-12/h3-5,8,10H,6-7,9H2,1-2H3. The van der Waals surface area contributed by atoms with Gasteiger partial charge in [-0.05, 0) is 18.6 Å². The summed E-state index contributed by atoms with van der Waals surface area (Å²) in [7, 11) is 1.62. The van der Waals surface area contributed by atoms with E-state index in [9.17, 15) is 4.79 Å². The summed E-state index contributed by atoms with van der Waals surface area (Å²) in [6, 6.07) is 3.81. The molecule has 1 amide bonds. The summed E-state index contributed by atoms with van der Waals surface area (Å²) in [4.78, 5) is 22.5. The molecule has 0 aliphatic heterocycles. The second-order valence-corrected chi connectivity index (χ2v) is 5.39. The number of methoxy groups -OCH3 is 1. The van der Waals surface area contributed by atoms with Crippen LogP contribution in [0.25, 0.3) is 0 Å². The molecular formula is C14H17N3O2S. The third kappa shape index (κ3) is 3.85. The Bertz CT molecular complexity index is 557. The molecule has 0 aliphatic carbocycles. The van der Waals surface area contributed by atoms with Crippen molar-refractivity contribution in [3.8, 4) is 0 Å². The van der Waals surface area contributed by atoms with Crippen LogP contribution in [0.1, 0.15) is 21.1 Å². The van der Waals surface area contributed by atoms with Crippen molar-refractivity contribution in [1.82, 2.24) is 14.9 Å². The van der Waals surface area contributed by atoms with Gasteiger partial charge in [0.2, 0.25) is 0 Å². The van der Waals surface area contributed by atoms with Gasteiger partial charge in [-0.25, -0.2) is 4.98 Å². The van der Waals surface area contributed by atoms with E-state index in [0.717, 1.165) is 10.6 Å². The number of thiazole rings is 1. The molecule has 0 saturated heterocycles. The van der Waals surface area contributed by atoms with Crippen LogP contribution < -0.4 is 0 Å². The van der Waals surface area contributed by atoms with Crippen LogP contribution in [0.5, 0.6) is 0 Å². The highest BCUT2D eigenvalue weighted by Gasteiger charge is 2.18. The van der Waals surface area contributed by atoms with Crippen LogP contribution >= 0.6 is 11.3 Å². The second kappa shape index (κ2) is 7.12. The van der Waals surface area contributed by atoms with Gasteiger partial charge in [0.25, 0.3) is 5.91 Å². The third-order valence-corrected chi connectivity index (χ3v) is 3.56. The summed E-state index contributed by atoms with van der Waals surface area (Å²) < 4.78 is 5.07. The molecule has 0 N–H and O–H groups in total. The van der Waals surface area contributed by atoms with E-state index in [4.69, 9.17) is 4.74 Å². The van der Waals surface area contributed by atoms with E-state index in [1.54, 1.807) is 29.8 Å². The molecule has 2 aromatic rings. The number of carbonyl (C=O) groups is 1. The number of aromatic nitrogens is 2. The van der Waals surface area contributed by atoms with E-state index in [1.807, 2.05) is 19.1 Å². The topological polar surface area (TPSA) is 55.3 Å². The monoisotopic (exact) mass is 291 g/mol. The lowest BCUT2D eigenvalue weighted by Gasteiger charge is -2.21. The summed E-state index contributed by atoms with van der Waals surface area (Å²) in [5.41, 5.74) is 1.48. The fourth-order valence-corrected chi connectivity index (χ4v) is 2.38. The Balaban J connectivity index is 2.12. The minimum atomic E-state index is -0.0738. The fourth-order valence-electron chi connectivity index (χ4n) is 1.79. The van der Waals surface area contributed by atoms with Gasteiger partial charge in [-0.3, -0.25) is 9.78 Å². The molecule has 0 saturated carbocycles. The highest BCUT2D eigenvalue weighted by molar-refractivity contribution is 7.09. The smallest absolute Gasteiger partial charge is 0.273 e. The van der Waals surface area contributed by atoms with E-state index in [1.165, 1.54) is 11.3 Å². The van der Waals surface area contributed by atoms with Crippen molar-refractivity contribution in [2.75, 3.05) is 20.3 Å². The molecule has 20 heavy (non-hydrogen) atoms. The summed E-state index contributed by atoms with van der Waals surface area (Å²) in [5.74, 6) is -0.0738. The van der Waals surface area contributed by atoms with Gasteiger partial charge in [-0.1, -0.05) is 6.07 Å². The zero-order valence-corrected chi connectivity index (χ0v) is 12.4. The van der Waals surface area contributed by atoms with Crippen LogP contribution in [0.15, 0.2) is 29.9 Å². The summed E-state index contributed by atoms with van der Waals surface area (Å²) >= 11 is 1.48. The SMILES string of the molecule is COCCN(Cc1cccnc1)C(=O)c1csc(C)n1. The van der Waals surface area contributed by atoms with Gasteiger partial charge >= 0.3 is 0 Å². The van der Waals surface area contributed by atoms with Crippen molar-refractivity contribution >= 4 is 17.2 Å². The van der Waals surface area contributed by atoms with E-state index >= 15 is 0 Å².